The lowest BCUT2D eigenvalue weighted by atomic mass is 10.1. The maximum atomic E-state index is 6.99. The molecule has 0 bridgehead atoms. The Morgan fingerprint density at radius 2 is 1.54 bits per heavy atom. The molecule has 0 saturated heterocycles. The summed E-state index contributed by atoms with van der Waals surface area (Å²) in [6, 6.07) is 27.5. The van der Waals surface area contributed by atoms with Crippen LogP contribution in [0.2, 0.25) is 5.04 Å². The van der Waals surface area contributed by atoms with Crippen molar-refractivity contribution in [1.82, 2.24) is 9.55 Å². The van der Waals surface area contributed by atoms with Crippen molar-refractivity contribution in [3.63, 3.8) is 0 Å². The van der Waals surface area contributed by atoms with Gasteiger partial charge in [0, 0.05) is 34.2 Å². The molecule has 3 aromatic carbocycles. The lowest BCUT2D eigenvalue weighted by Gasteiger charge is -2.42. The molecule has 5 aromatic rings. The van der Waals surface area contributed by atoms with Gasteiger partial charge in [0.15, 0.2) is 5.76 Å². The number of aromatic nitrogens is 2. The van der Waals surface area contributed by atoms with Gasteiger partial charge in [-0.1, -0.05) is 103 Å². The Balaban J connectivity index is 1.53. The molecule has 2 aromatic heterocycles. The largest absolute Gasteiger partial charge is 0.438 e. The molecule has 35 heavy (non-hydrogen) atoms. The van der Waals surface area contributed by atoms with E-state index in [0.29, 0.717) is 12.5 Å². The Labute approximate surface area is 215 Å². The predicted octanol–water partition coefficient (Wildman–Crippen LogP) is 6.67. The van der Waals surface area contributed by atoms with Crippen LogP contribution in [-0.4, -0.2) is 17.9 Å². The van der Waals surface area contributed by atoms with Gasteiger partial charge in [-0.05, 0) is 27.5 Å². The van der Waals surface area contributed by atoms with E-state index in [1.807, 2.05) is 13.1 Å². The van der Waals surface area contributed by atoms with E-state index in [1.54, 1.807) is 6.20 Å². The molecule has 6 heteroatoms. The molecule has 178 valence electrons. The second-order valence-electron chi connectivity index (χ2n) is 9.86. The number of benzene rings is 3. The fraction of sp³-hybridized carbons (Fsp3) is 0.207. The zero-order valence-corrected chi connectivity index (χ0v) is 23.0. The molecule has 0 radical (unpaired) electrons. The van der Waals surface area contributed by atoms with Gasteiger partial charge in [-0.2, -0.15) is 0 Å². The lowest BCUT2D eigenvalue weighted by Crippen LogP contribution is -2.66. The fourth-order valence-electron chi connectivity index (χ4n) is 5.02. The van der Waals surface area contributed by atoms with E-state index in [-0.39, 0.29) is 5.04 Å². The van der Waals surface area contributed by atoms with Gasteiger partial charge in [-0.3, -0.25) is 0 Å². The third-order valence-corrected chi connectivity index (χ3v) is 12.3. The first-order valence-electron chi connectivity index (χ1n) is 11.7. The SMILES string of the molecule is Cn1cc(-c2cnc(CO[Si](c3ccccc3)(c3ccccc3)C(C)(C)C)o2)c2c(Br)cccc21. The summed E-state index contributed by atoms with van der Waals surface area (Å²) >= 11 is 3.70. The van der Waals surface area contributed by atoms with Crippen LogP contribution in [-0.2, 0) is 18.1 Å². The third kappa shape index (κ3) is 4.20. The Morgan fingerprint density at radius 1 is 0.914 bits per heavy atom. The van der Waals surface area contributed by atoms with E-state index in [4.69, 9.17) is 8.84 Å². The first kappa shape index (κ1) is 23.8. The molecule has 0 aliphatic carbocycles. The number of hydrogen-bond acceptors (Lipinski definition) is 3. The summed E-state index contributed by atoms with van der Waals surface area (Å²) in [6.07, 6.45) is 3.89. The number of oxazole rings is 1. The van der Waals surface area contributed by atoms with Crippen molar-refractivity contribution in [2.24, 2.45) is 7.05 Å². The number of rotatable bonds is 6. The normalized spacial score (nSPS) is 12.4. The number of halogens is 1. The number of fused-ring (bicyclic) bond motifs is 1. The van der Waals surface area contributed by atoms with E-state index in [2.05, 4.69) is 125 Å². The van der Waals surface area contributed by atoms with Gasteiger partial charge < -0.3 is 13.4 Å². The van der Waals surface area contributed by atoms with E-state index >= 15 is 0 Å². The molecular weight excluding hydrogens is 516 g/mol. The number of aryl methyl sites for hydroxylation is 1. The number of nitrogens with zero attached hydrogens (tertiary/aromatic N) is 2. The molecule has 0 atom stereocenters. The van der Waals surface area contributed by atoms with Crippen molar-refractivity contribution in [2.75, 3.05) is 0 Å². The molecule has 0 aliphatic heterocycles. The van der Waals surface area contributed by atoms with E-state index < -0.39 is 8.32 Å². The van der Waals surface area contributed by atoms with Crippen LogP contribution in [0.15, 0.2) is 100 Å². The summed E-state index contributed by atoms with van der Waals surface area (Å²) in [5, 5.41) is 3.49. The van der Waals surface area contributed by atoms with Gasteiger partial charge in [0.25, 0.3) is 8.32 Å². The first-order valence-corrected chi connectivity index (χ1v) is 14.4. The quantitative estimate of drug-likeness (QED) is 0.224. The molecule has 0 fully saturated rings. The van der Waals surface area contributed by atoms with Crippen LogP contribution in [0, 0.1) is 0 Å². The Hall–Kier alpha value is -2.93. The summed E-state index contributed by atoms with van der Waals surface area (Å²) < 4.78 is 16.4. The topological polar surface area (TPSA) is 40.2 Å². The standard InChI is InChI=1S/C29H29BrN2O2Si/c1-29(2,3)35(21-12-7-5-8-13-21,22-14-9-6-10-15-22)33-20-27-31-18-26(34-27)23-19-32(4)25-17-11-16-24(30)28(23)25/h5-19H,20H2,1-4H3. The molecule has 0 N–H and O–H groups in total. The monoisotopic (exact) mass is 544 g/mol. The maximum Gasteiger partial charge on any atom is 0.261 e. The minimum atomic E-state index is -2.66. The lowest BCUT2D eigenvalue weighted by molar-refractivity contribution is 0.249. The summed E-state index contributed by atoms with van der Waals surface area (Å²) in [4.78, 5) is 4.62. The van der Waals surface area contributed by atoms with E-state index in [0.717, 1.165) is 26.7 Å². The molecule has 4 nitrogen and oxygen atoms in total. The summed E-state index contributed by atoms with van der Waals surface area (Å²) in [6.45, 7) is 7.12. The Bertz CT molecular complexity index is 1410. The van der Waals surface area contributed by atoms with Crippen LogP contribution < -0.4 is 10.4 Å². The van der Waals surface area contributed by atoms with Gasteiger partial charge in [0.2, 0.25) is 5.89 Å². The van der Waals surface area contributed by atoms with Crippen LogP contribution in [0.5, 0.6) is 0 Å². The van der Waals surface area contributed by atoms with Crippen molar-refractivity contribution in [2.45, 2.75) is 32.4 Å². The minimum Gasteiger partial charge on any atom is -0.438 e. The summed E-state index contributed by atoms with van der Waals surface area (Å²) in [5.74, 6) is 1.32. The van der Waals surface area contributed by atoms with Crippen LogP contribution in [0.4, 0.5) is 0 Å². The molecule has 0 spiro atoms. The van der Waals surface area contributed by atoms with Gasteiger partial charge in [0.1, 0.15) is 6.61 Å². The average molecular weight is 546 g/mol. The summed E-state index contributed by atoms with van der Waals surface area (Å²) in [5.41, 5.74) is 2.15. The van der Waals surface area contributed by atoms with Crippen LogP contribution in [0.25, 0.3) is 22.2 Å². The molecule has 0 unspecified atom stereocenters. The number of hydrogen-bond donors (Lipinski definition) is 0. The van der Waals surface area contributed by atoms with Crippen molar-refractivity contribution >= 4 is 45.5 Å². The third-order valence-electron chi connectivity index (χ3n) is 6.61. The van der Waals surface area contributed by atoms with Crippen molar-refractivity contribution in [3.8, 4) is 11.3 Å². The van der Waals surface area contributed by atoms with Gasteiger partial charge >= 0.3 is 0 Å². The van der Waals surface area contributed by atoms with Gasteiger partial charge in [-0.25, -0.2) is 4.98 Å². The molecule has 0 aliphatic rings. The predicted molar refractivity (Wildman–Crippen MR) is 149 cm³/mol. The highest BCUT2D eigenvalue weighted by Crippen LogP contribution is 2.38. The molecule has 0 amide bonds. The summed E-state index contributed by atoms with van der Waals surface area (Å²) in [7, 11) is -0.619. The maximum absolute atomic E-state index is 6.99. The molecule has 0 saturated carbocycles. The Morgan fingerprint density at radius 3 is 2.14 bits per heavy atom. The van der Waals surface area contributed by atoms with Gasteiger partial charge in [0.05, 0.1) is 6.20 Å². The van der Waals surface area contributed by atoms with Crippen LogP contribution in [0.1, 0.15) is 26.7 Å². The average Bonchev–Trinajstić information content (AvgIpc) is 3.45. The molecule has 2 heterocycles. The second-order valence-corrected chi connectivity index (χ2v) is 15.0. The highest BCUT2D eigenvalue weighted by Gasteiger charge is 2.50. The fourth-order valence-corrected chi connectivity index (χ4v) is 10.1. The molecule has 5 rings (SSSR count). The smallest absolute Gasteiger partial charge is 0.261 e. The van der Waals surface area contributed by atoms with Crippen LogP contribution in [0.3, 0.4) is 0 Å². The zero-order valence-electron chi connectivity index (χ0n) is 20.5. The highest BCUT2D eigenvalue weighted by atomic mass is 79.9. The first-order chi connectivity index (χ1) is 16.8. The van der Waals surface area contributed by atoms with Crippen molar-refractivity contribution in [1.29, 1.82) is 0 Å². The van der Waals surface area contributed by atoms with E-state index in [9.17, 15) is 0 Å². The molecular formula is C29H29BrN2O2Si. The van der Waals surface area contributed by atoms with Crippen molar-refractivity contribution in [3.05, 3.63) is 102 Å². The van der Waals surface area contributed by atoms with E-state index in [1.165, 1.54) is 10.4 Å². The Kier molecular flexibility index (Phi) is 6.30. The second kappa shape index (κ2) is 9.26. The van der Waals surface area contributed by atoms with Gasteiger partial charge in [-0.15, -0.1) is 0 Å². The van der Waals surface area contributed by atoms with Crippen molar-refractivity contribution < 1.29 is 8.84 Å². The van der Waals surface area contributed by atoms with Crippen LogP contribution >= 0.6 is 15.9 Å². The highest BCUT2D eigenvalue weighted by molar-refractivity contribution is 9.10. The minimum absolute atomic E-state index is 0.106. The zero-order chi connectivity index (χ0) is 24.6.